The Hall–Kier alpha value is -1.38. The molecule has 0 saturated carbocycles. The van der Waals surface area contributed by atoms with Crippen LogP contribution in [0.3, 0.4) is 0 Å². The van der Waals surface area contributed by atoms with Gasteiger partial charge in [-0.2, -0.15) is 0 Å². The predicted molar refractivity (Wildman–Crippen MR) is 82.4 cm³/mol. The van der Waals surface area contributed by atoms with E-state index in [1.807, 2.05) is 17.3 Å². The third-order valence-electron chi connectivity index (χ3n) is 3.56. The monoisotopic (exact) mass is 277 g/mol. The van der Waals surface area contributed by atoms with Crippen molar-refractivity contribution >= 4 is 5.91 Å². The van der Waals surface area contributed by atoms with Gasteiger partial charge in [0.05, 0.1) is 6.42 Å². The molecule has 3 nitrogen and oxygen atoms in total. The fourth-order valence-corrected chi connectivity index (χ4v) is 2.12. The van der Waals surface area contributed by atoms with E-state index in [1.165, 1.54) is 5.56 Å². The van der Waals surface area contributed by atoms with Crippen molar-refractivity contribution in [3.63, 3.8) is 0 Å². The highest BCUT2D eigenvalue weighted by Crippen LogP contribution is 2.02. The first-order chi connectivity index (χ1) is 9.67. The van der Waals surface area contributed by atoms with Crippen molar-refractivity contribution < 1.29 is 9.36 Å². The van der Waals surface area contributed by atoms with E-state index in [-0.39, 0.29) is 0 Å². The Kier molecular flexibility index (Phi) is 7.93. The number of carbonyl (C=O) groups is 1. The summed E-state index contributed by atoms with van der Waals surface area (Å²) in [7, 11) is 0. The van der Waals surface area contributed by atoms with E-state index in [1.54, 1.807) is 0 Å². The second-order valence-electron chi connectivity index (χ2n) is 5.45. The van der Waals surface area contributed by atoms with Gasteiger partial charge in [0.2, 0.25) is 5.91 Å². The minimum Gasteiger partial charge on any atom is -0.342 e. The van der Waals surface area contributed by atoms with Gasteiger partial charge in [0.25, 0.3) is 0 Å². The number of hydrogen-bond donors (Lipinski definition) is 0. The molecule has 0 aliphatic rings. The second kappa shape index (κ2) is 9.51. The van der Waals surface area contributed by atoms with Crippen molar-refractivity contribution in [2.75, 3.05) is 13.1 Å². The topological polar surface area (TPSA) is 24.2 Å². The lowest BCUT2D eigenvalue weighted by Crippen LogP contribution is -2.39. The van der Waals surface area contributed by atoms with Crippen LogP contribution in [-0.4, -0.2) is 23.9 Å². The molecule has 0 unspecified atom stereocenters. The van der Waals surface area contributed by atoms with Crippen LogP contribution in [0, 0.1) is 6.92 Å². The molecule has 0 aliphatic carbocycles. The van der Waals surface area contributed by atoms with Gasteiger partial charge in [-0.05, 0) is 25.3 Å². The molecule has 0 spiro atoms. The van der Waals surface area contributed by atoms with Gasteiger partial charge in [0.1, 0.15) is 0 Å². The zero-order chi connectivity index (χ0) is 14.8. The summed E-state index contributed by atoms with van der Waals surface area (Å²) in [5.74, 6) is 0.292. The highest BCUT2D eigenvalue weighted by Gasteiger charge is 2.14. The smallest absolute Gasteiger partial charge is 0.228 e. The number of unbranched alkanes of at least 4 members (excludes halogenated alkanes) is 2. The molecular weight excluding hydrogens is 248 g/mol. The van der Waals surface area contributed by atoms with Crippen LogP contribution in [0.25, 0.3) is 0 Å². The van der Waals surface area contributed by atoms with Crippen LogP contribution in [-0.2, 0) is 11.3 Å². The Morgan fingerprint density at radius 2 is 1.65 bits per heavy atom. The number of aromatic nitrogens is 1. The van der Waals surface area contributed by atoms with Crippen LogP contribution in [0.15, 0.2) is 24.5 Å². The van der Waals surface area contributed by atoms with Crippen molar-refractivity contribution in [1.29, 1.82) is 0 Å². The number of pyridine rings is 1. The molecule has 0 N–H and O–H groups in total. The predicted octanol–water partition coefficient (Wildman–Crippen LogP) is 3.10. The molecule has 0 aromatic carbocycles. The second-order valence-corrected chi connectivity index (χ2v) is 5.45. The first-order valence-corrected chi connectivity index (χ1v) is 7.90. The molecular formula is C17H29N2O+. The van der Waals surface area contributed by atoms with Gasteiger partial charge >= 0.3 is 0 Å². The molecule has 1 rings (SSSR count). The molecule has 1 aromatic rings. The molecule has 3 heteroatoms. The average Bonchev–Trinajstić information content (AvgIpc) is 2.46. The Labute approximate surface area is 123 Å². The zero-order valence-electron chi connectivity index (χ0n) is 13.3. The van der Waals surface area contributed by atoms with Gasteiger partial charge in [-0.15, -0.1) is 0 Å². The van der Waals surface area contributed by atoms with Crippen molar-refractivity contribution in [2.45, 2.75) is 59.4 Å². The fourth-order valence-electron chi connectivity index (χ4n) is 2.12. The maximum Gasteiger partial charge on any atom is 0.228 e. The lowest BCUT2D eigenvalue weighted by atomic mass is 10.2. The maximum absolute atomic E-state index is 12.3. The average molecular weight is 277 g/mol. The number of carbonyl (C=O) groups excluding carboxylic acids is 1. The van der Waals surface area contributed by atoms with Gasteiger partial charge in [-0.25, -0.2) is 4.57 Å². The zero-order valence-corrected chi connectivity index (χ0v) is 13.3. The molecule has 0 saturated heterocycles. The lowest BCUT2D eigenvalue weighted by molar-refractivity contribution is -0.696. The molecule has 1 aromatic heterocycles. The van der Waals surface area contributed by atoms with Gasteiger partial charge in [0.15, 0.2) is 18.9 Å². The van der Waals surface area contributed by atoms with Crippen molar-refractivity contribution in [3.8, 4) is 0 Å². The van der Waals surface area contributed by atoms with E-state index in [0.717, 1.165) is 45.3 Å². The van der Waals surface area contributed by atoms with Crippen molar-refractivity contribution in [2.24, 2.45) is 0 Å². The Bertz CT molecular complexity index is 378. The molecule has 0 bridgehead atoms. The van der Waals surface area contributed by atoms with E-state index < -0.39 is 0 Å². The van der Waals surface area contributed by atoms with Gasteiger partial charge in [-0.1, -0.05) is 26.7 Å². The summed E-state index contributed by atoms with van der Waals surface area (Å²) >= 11 is 0. The number of aryl methyl sites for hydroxylation is 2. The normalized spacial score (nSPS) is 10.6. The van der Waals surface area contributed by atoms with E-state index >= 15 is 0 Å². The summed E-state index contributed by atoms with van der Waals surface area (Å²) in [6.45, 7) is 9.01. The molecule has 0 aliphatic heterocycles. The van der Waals surface area contributed by atoms with E-state index in [4.69, 9.17) is 0 Å². The summed E-state index contributed by atoms with van der Waals surface area (Å²) in [6, 6.07) is 4.16. The molecule has 20 heavy (non-hydrogen) atoms. The van der Waals surface area contributed by atoms with Crippen LogP contribution in [0.5, 0.6) is 0 Å². The summed E-state index contributed by atoms with van der Waals surface area (Å²) < 4.78 is 2.09. The van der Waals surface area contributed by atoms with Crippen molar-refractivity contribution in [1.82, 2.24) is 4.90 Å². The summed E-state index contributed by atoms with van der Waals surface area (Å²) in [5, 5.41) is 0. The minimum absolute atomic E-state index is 0.292. The molecule has 0 fully saturated rings. The van der Waals surface area contributed by atoms with E-state index in [9.17, 15) is 4.79 Å². The maximum atomic E-state index is 12.3. The highest BCUT2D eigenvalue weighted by molar-refractivity contribution is 5.75. The summed E-state index contributed by atoms with van der Waals surface area (Å²) in [5.41, 5.74) is 1.25. The van der Waals surface area contributed by atoms with Crippen LogP contribution >= 0.6 is 0 Å². The Balaban J connectivity index is 2.45. The standard InChI is InChI=1S/C17H29N2O/c1-4-6-11-19(12-7-5-2)17(20)10-15-18-13-8-16(3)9-14-18/h8-9,13-14H,4-7,10-12,15H2,1-3H3/q+1. The third kappa shape index (κ3) is 6.18. The number of rotatable bonds is 9. The number of nitrogens with zero attached hydrogens (tertiary/aromatic N) is 2. The quantitative estimate of drug-likeness (QED) is 0.636. The van der Waals surface area contributed by atoms with Crippen molar-refractivity contribution in [3.05, 3.63) is 30.1 Å². The SMILES string of the molecule is CCCCN(CCCC)C(=O)CC[n+]1ccc(C)cc1. The van der Waals surface area contributed by atoms with Gasteiger partial charge in [-0.3, -0.25) is 4.79 Å². The largest absolute Gasteiger partial charge is 0.342 e. The first kappa shape index (κ1) is 16.7. The molecule has 1 heterocycles. The third-order valence-corrected chi connectivity index (χ3v) is 3.56. The minimum atomic E-state index is 0.292. The Morgan fingerprint density at radius 1 is 1.10 bits per heavy atom. The highest BCUT2D eigenvalue weighted by atomic mass is 16.2. The molecule has 0 atom stereocenters. The van der Waals surface area contributed by atoms with Crippen LogP contribution in [0.2, 0.25) is 0 Å². The Morgan fingerprint density at radius 3 is 2.15 bits per heavy atom. The first-order valence-electron chi connectivity index (χ1n) is 7.90. The number of hydrogen-bond acceptors (Lipinski definition) is 1. The van der Waals surface area contributed by atoms with E-state index in [2.05, 4.69) is 37.5 Å². The summed E-state index contributed by atoms with van der Waals surface area (Å²) in [6.07, 6.45) is 9.18. The van der Waals surface area contributed by atoms with Crippen LogP contribution in [0.1, 0.15) is 51.5 Å². The number of amides is 1. The fraction of sp³-hybridized carbons (Fsp3) is 0.647. The van der Waals surface area contributed by atoms with Crippen LogP contribution in [0.4, 0.5) is 0 Å². The molecule has 112 valence electrons. The summed E-state index contributed by atoms with van der Waals surface area (Å²) in [4.78, 5) is 14.4. The molecule has 0 radical (unpaired) electrons. The lowest BCUT2D eigenvalue weighted by Gasteiger charge is -2.21. The van der Waals surface area contributed by atoms with Gasteiger partial charge in [0, 0.05) is 25.2 Å². The van der Waals surface area contributed by atoms with Crippen LogP contribution < -0.4 is 4.57 Å². The molecule has 1 amide bonds. The van der Waals surface area contributed by atoms with E-state index in [0.29, 0.717) is 12.3 Å². The van der Waals surface area contributed by atoms with Gasteiger partial charge < -0.3 is 4.90 Å².